The second-order valence-electron chi connectivity index (χ2n) is 11.2. The molecule has 0 amide bonds. The molecule has 3 saturated carbocycles. The van der Waals surface area contributed by atoms with Gasteiger partial charge in [-0.2, -0.15) is 0 Å². The van der Waals surface area contributed by atoms with Crippen molar-refractivity contribution in [2.45, 2.75) is 83.5 Å². The zero-order valence-corrected chi connectivity index (χ0v) is 18.7. The van der Waals surface area contributed by atoms with Gasteiger partial charge < -0.3 is 0 Å². The summed E-state index contributed by atoms with van der Waals surface area (Å²) in [6, 6.07) is 1.26. The van der Waals surface area contributed by atoms with Gasteiger partial charge in [0.25, 0.3) is 0 Å². The Hall–Kier alpha value is -1.25. The predicted molar refractivity (Wildman–Crippen MR) is 119 cm³/mol. The minimum atomic E-state index is -1.30. The predicted octanol–water partition coefficient (Wildman–Crippen LogP) is 8.03. The monoisotopic (exact) mass is 430 g/mol. The fraction of sp³-hybridized carbons (Fsp3) is 0.714. The number of hydrogen-bond donors (Lipinski definition) is 0. The third-order valence-corrected chi connectivity index (χ3v) is 9.78. The maximum atomic E-state index is 14.1. The maximum Gasteiger partial charge on any atom is 0.194 e. The van der Waals surface area contributed by atoms with Crippen LogP contribution in [0, 0.1) is 58.9 Å². The highest BCUT2D eigenvalue weighted by molar-refractivity contribution is 5.33. The molecule has 5 unspecified atom stereocenters. The molecule has 0 heterocycles. The highest BCUT2D eigenvalue weighted by Crippen LogP contribution is 2.50. The number of fused-ring (bicyclic) bond motifs is 2. The fourth-order valence-electron chi connectivity index (χ4n) is 7.94. The van der Waals surface area contributed by atoms with E-state index in [0.717, 1.165) is 42.4 Å². The average Bonchev–Trinajstić information content (AvgIpc) is 2.81. The summed E-state index contributed by atoms with van der Waals surface area (Å²) in [4.78, 5) is 0. The minimum Gasteiger partial charge on any atom is -0.204 e. The molecule has 0 radical (unpaired) electrons. The van der Waals surface area contributed by atoms with Crippen molar-refractivity contribution in [2.75, 3.05) is 0 Å². The van der Waals surface area contributed by atoms with Crippen LogP contribution in [0.1, 0.15) is 81.8 Å². The molecule has 3 heteroatoms. The van der Waals surface area contributed by atoms with Crippen molar-refractivity contribution in [3.05, 3.63) is 47.3 Å². The Morgan fingerprint density at radius 2 is 1.26 bits per heavy atom. The first-order valence-corrected chi connectivity index (χ1v) is 12.8. The van der Waals surface area contributed by atoms with Gasteiger partial charge in [-0.3, -0.25) is 0 Å². The molecule has 4 aliphatic rings. The Kier molecular flexibility index (Phi) is 6.23. The van der Waals surface area contributed by atoms with E-state index < -0.39 is 17.5 Å². The van der Waals surface area contributed by atoms with E-state index in [-0.39, 0.29) is 0 Å². The molecular formula is C28H37F3. The molecule has 1 aromatic carbocycles. The van der Waals surface area contributed by atoms with Crippen LogP contribution >= 0.6 is 0 Å². The van der Waals surface area contributed by atoms with Gasteiger partial charge in [0.15, 0.2) is 17.5 Å². The van der Waals surface area contributed by atoms with Gasteiger partial charge in [-0.25, -0.2) is 13.2 Å². The van der Waals surface area contributed by atoms with Crippen LogP contribution < -0.4 is 0 Å². The van der Waals surface area contributed by atoms with E-state index >= 15 is 0 Å². The number of halogens is 3. The Morgan fingerprint density at radius 3 is 1.97 bits per heavy atom. The first-order chi connectivity index (χ1) is 15.0. The largest absolute Gasteiger partial charge is 0.204 e. The van der Waals surface area contributed by atoms with Crippen LogP contribution in [-0.2, 0) is 12.8 Å². The van der Waals surface area contributed by atoms with Gasteiger partial charge in [-0.15, -0.1) is 6.58 Å². The van der Waals surface area contributed by atoms with E-state index in [0.29, 0.717) is 29.4 Å². The summed E-state index contributed by atoms with van der Waals surface area (Å²) in [6.45, 7) is 4.03. The second-order valence-corrected chi connectivity index (χ2v) is 11.2. The molecule has 0 saturated heterocycles. The molecule has 5 atom stereocenters. The summed E-state index contributed by atoms with van der Waals surface area (Å²) < 4.78 is 41.4. The molecule has 1 aromatic rings. The van der Waals surface area contributed by atoms with Gasteiger partial charge in [0.05, 0.1) is 0 Å². The molecule has 5 rings (SSSR count). The Labute approximate surface area is 185 Å². The third-order valence-electron chi connectivity index (χ3n) is 9.78. The molecule has 0 aliphatic heterocycles. The highest BCUT2D eigenvalue weighted by atomic mass is 19.2. The SMILES string of the molecule is C=CC1CCC2CC(C3CCC(C4CCc5c(cc(F)c(F)c5F)C4)CC3)CCC2C1. The summed E-state index contributed by atoms with van der Waals surface area (Å²) in [7, 11) is 0. The van der Waals surface area contributed by atoms with Gasteiger partial charge in [0, 0.05) is 0 Å². The van der Waals surface area contributed by atoms with Crippen molar-refractivity contribution in [1.82, 2.24) is 0 Å². The molecule has 3 fully saturated rings. The molecule has 31 heavy (non-hydrogen) atoms. The molecule has 0 spiro atoms. The van der Waals surface area contributed by atoms with Crippen LogP contribution in [0.3, 0.4) is 0 Å². The zero-order valence-electron chi connectivity index (χ0n) is 18.7. The first-order valence-electron chi connectivity index (χ1n) is 12.8. The molecule has 170 valence electrons. The topological polar surface area (TPSA) is 0 Å². The van der Waals surface area contributed by atoms with Gasteiger partial charge >= 0.3 is 0 Å². The summed E-state index contributed by atoms with van der Waals surface area (Å²) in [5.74, 6) is 2.34. The lowest BCUT2D eigenvalue weighted by atomic mass is 9.60. The van der Waals surface area contributed by atoms with Gasteiger partial charge in [0.1, 0.15) is 0 Å². The molecule has 0 nitrogen and oxygen atoms in total. The fourth-order valence-corrected chi connectivity index (χ4v) is 7.94. The number of hydrogen-bond acceptors (Lipinski definition) is 0. The van der Waals surface area contributed by atoms with Crippen molar-refractivity contribution in [3.8, 4) is 0 Å². The normalized spacial score (nSPS) is 38.2. The molecular weight excluding hydrogens is 393 g/mol. The Balaban J connectivity index is 1.15. The van der Waals surface area contributed by atoms with E-state index in [1.54, 1.807) is 0 Å². The van der Waals surface area contributed by atoms with Crippen LogP contribution in [0.25, 0.3) is 0 Å². The van der Waals surface area contributed by atoms with E-state index in [4.69, 9.17) is 0 Å². The Morgan fingerprint density at radius 1 is 0.677 bits per heavy atom. The van der Waals surface area contributed by atoms with Gasteiger partial charge in [0.2, 0.25) is 0 Å². The van der Waals surface area contributed by atoms with Gasteiger partial charge in [-0.1, -0.05) is 6.08 Å². The van der Waals surface area contributed by atoms with Crippen molar-refractivity contribution in [1.29, 1.82) is 0 Å². The first kappa shape index (κ1) is 21.6. The molecule has 0 N–H and O–H groups in total. The van der Waals surface area contributed by atoms with Crippen LogP contribution in [0.4, 0.5) is 13.2 Å². The van der Waals surface area contributed by atoms with Crippen LogP contribution in [0.5, 0.6) is 0 Å². The standard InChI is InChI=1S/C28H37F3/c1-2-17-3-4-23-14-21(10-9-20(23)13-17)18-5-7-19(8-6-18)22-11-12-25-24(15-22)16-26(29)28(31)27(25)30/h2,16-23H,1,3-15H2. The molecule has 0 bridgehead atoms. The van der Waals surface area contributed by atoms with Crippen LogP contribution in [0.2, 0.25) is 0 Å². The van der Waals surface area contributed by atoms with Gasteiger partial charge in [-0.05, 0) is 142 Å². The number of allylic oxidation sites excluding steroid dienone is 1. The summed E-state index contributed by atoms with van der Waals surface area (Å²) >= 11 is 0. The Bertz CT molecular complexity index is 807. The molecule has 4 aliphatic carbocycles. The van der Waals surface area contributed by atoms with Crippen LogP contribution in [0.15, 0.2) is 18.7 Å². The summed E-state index contributed by atoms with van der Waals surface area (Å²) in [5.41, 5.74) is 1.13. The third kappa shape index (κ3) is 4.23. The molecule has 0 aromatic heterocycles. The van der Waals surface area contributed by atoms with Crippen LogP contribution in [-0.4, -0.2) is 0 Å². The van der Waals surface area contributed by atoms with Crippen molar-refractivity contribution >= 4 is 0 Å². The highest BCUT2D eigenvalue weighted by Gasteiger charge is 2.39. The van der Waals surface area contributed by atoms with E-state index in [1.807, 2.05) is 0 Å². The van der Waals surface area contributed by atoms with Crippen molar-refractivity contribution in [3.63, 3.8) is 0 Å². The van der Waals surface area contributed by atoms with Crippen molar-refractivity contribution < 1.29 is 13.2 Å². The quantitative estimate of drug-likeness (QED) is 0.336. The lowest BCUT2D eigenvalue weighted by Gasteiger charge is -2.45. The van der Waals surface area contributed by atoms with Crippen molar-refractivity contribution in [2.24, 2.45) is 41.4 Å². The number of rotatable bonds is 3. The second kappa shape index (κ2) is 8.94. The minimum absolute atomic E-state index is 0.423. The maximum absolute atomic E-state index is 14.1. The van der Waals surface area contributed by atoms with E-state index in [9.17, 15) is 13.2 Å². The average molecular weight is 431 g/mol. The number of benzene rings is 1. The zero-order chi connectivity index (χ0) is 21.5. The lowest BCUT2D eigenvalue weighted by Crippen LogP contribution is -2.35. The smallest absolute Gasteiger partial charge is 0.194 e. The van der Waals surface area contributed by atoms with E-state index in [2.05, 4.69) is 12.7 Å². The van der Waals surface area contributed by atoms with E-state index in [1.165, 1.54) is 70.3 Å². The summed E-state index contributed by atoms with van der Waals surface area (Å²) in [6.07, 6.45) is 18.0. The summed E-state index contributed by atoms with van der Waals surface area (Å²) in [5, 5.41) is 0. The lowest BCUT2D eigenvalue weighted by molar-refractivity contribution is 0.0612.